The normalized spacial score (nSPS) is 10.6. The van der Waals surface area contributed by atoms with Crippen molar-refractivity contribution in [1.82, 2.24) is 9.55 Å². The fourth-order valence-corrected chi connectivity index (χ4v) is 1.99. The Morgan fingerprint density at radius 3 is 2.76 bits per heavy atom. The zero-order chi connectivity index (χ0) is 12.4. The highest BCUT2D eigenvalue weighted by molar-refractivity contribution is 6.33. The molecule has 0 unspecified atom stereocenters. The number of ether oxygens (including phenoxy) is 1. The summed E-state index contributed by atoms with van der Waals surface area (Å²) in [4.78, 5) is 4.24. The number of nitrogens with two attached hydrogens (primary N) is 1. The number of imidazole rings is 1. The first kappa shape index (κ1) is 12.0. The van der Waals surface area contributed by atoms with E-state index in [1.54, 1.807) is 19.4 Å². The molecule has 0 fully saturated rings. The molecule has 0 amide bonds. The fraction of sp³-hybridized carbons (Fsp3) is 0.250. The van der Waals surface area contributed by atoms with Gasteiger partial charge in [-0.2, -0.15) is 0 Å². The average Bonchev–Trinajstić information content (AvgIpc) is 2.70. The molecular formula is C12H14ClN3O. The third-order valence-electron chi connectivity index (χ3n) is 2.72. The molecule has 4 nitrogen and oxygen atoms in total. The standard InChI is InChI=1S/C12H14ClN3O/c1-16-11(7-15-12(16)6-14)9-4-3-8(17-2)5-10(9)13/h3-5,7H,6,14H2,1-2H3. The number of halogens is 1. The molecule has 0 saturated heterocycles. The summed E-state index contributed by atoms with van der Waals surface area (Å²) >= 11 is 6.21. The van der Waals surface area contributed by atoms with Gasteiger partial charge in [-0.05, 0) is 18.2 Å². The summed E-state index contributed by atoms with van der Waals surface area (Å²) in [6, 6.07) is 5.57. The highest BCUT2D eigenvalue weighted by atomic mass is 35.5. The molecule has 2 aromatic rings. The van der Waals surface area contributed by atoms with E-state index in [1.807, 2.05) is 23.7 Å². The second-order valence-corrected chi connectivity index (χ2v) is 4.08. The van der Waals surface area contributed by atoms with Crippen LogP contribution in [0.15, 0.2) is 24.4 Å². The lowest BCUT2D eigenvalue weighted by Crippen LogP contribution is -2.05. The van der Waals surface area contributed by atoms with E-state index in [0.29, 0.717) is 11.6 Å². The first-order valence-corrected chi connectivity index (χ1v) is 5.59. The highest BCUT2D eigenvalue weighted by Gasteiger charge is 2.11. The molecule has 0 atom stereocenters. The zero-order valence-electron chi connectivity index (χ0n) is 9.77. The van der Waals surface area contributed by atoms with Gasteiger partial charge in [-0.15, -0.1) is 0 Å². The van der Waals surface area contributed by atoms with Crippen LogP contribution in [0.25, 0.3) is 11.3 Å². The van der Waals surface area contributed by atoms with Crippen LogP contribution in [-0.4, -0.2) is 16.7 Å². The second-order valence-electron chi connectivity index (χ2n) is 3.67. The van der Waals surface area contributed by atoms with Gasteiger partial charge in [0, 0.05) is 12.6 Å². The molecule has 1 aromatic carbocycles. The van der Waals surface area contributed by atoms with Gasteiger partial charge in [0.05, 0.1) is 30.6 Å². The van der Waals surface area contributed by atoms with Gasteiger partial charge < -0.3 is 15.0 Å². The van der Waals surface area contributed by atoms with Crippen molar-refractivity contribution in [3.05, 3.63) is 35.2 Å². The lowest BCUT2D eigenvalue weighted by molar-refractivity contribution is 0.415. The molecule has 17 heavy (non-hydrogen) atoms. The number of rotatable bonds is 3. The molecule has 1 heterocycles. The first-order valence-electron chi connectivity index (χ1n) is 5.22. The lowest BCUT2D eigenvalue weighted by Gasteiger charge is -2.08. The van der Waals surface area contributed by atoms with Crippen molar-refractivity contribution in [3.63, 3.8) is 0 Å². The van der Waals surface area contributed by atoms with Crippen molar-refractivity contribution in [1.29, 1.82) is 0 Å². The second kappa shape index (κ2) is 4.77. The van der Waals surface area contributed by atoms with Gasteiger partial charge in [0.1, 0.15) is 11.6 Å². The van der Waals surface area contributed by atoms with Crippen LogP contribution in [-0.2, 0) is 13.6 Å². The maximum atomic E-state index is 6.21. The number of hydrogen-bond donors (Lipinski definition) is 1. The molecule has 0 aliphatic carbocycles. The molecule has 2 N–H and O–H groups in total. The van der Waals surface area contributed by atoms with Gasteiger partial charge in [-0.1, -0.05) is 11.6 Å². The van der Waals surface area contributed by atoms with Crippen molar-refractivity contribution in [3.8, 4) is 17.0 Å². The summed E-state index contributed by atoms with van der Waals surface area (Å²) in [6.07, 6.45) is 1.77. The predicted molar refractivity (Wildman–Crippen MR) is 68.1 cm³/mol. The molecule has 0 aliphatic heterocycles. The third-order valence-corrected chi connectivity index (χ3v) is 3.03. The van der Waals surface area contributed by atoms with Gasteiger partial charge in [-0.3, -0.25) is 0 Å². The third kappa shape index (κ3) is 2.14. The van der Waals surface area contributed by atoms with E-state index in [-0.39, 0.29) is 0 Å². The zero-order valence-corrected chi connectivity index (χ0v) is 10.5. The van der Waals surface area contributed by atoms with Gasteiger partial charge >= 0.3 is 0 Å². The molecule has 2 rings (SSSR count). The lowest BCUT2D eigenvalue weighted by atomic mass is 10.1. The smallest absolute Gasteiger partial charge is 0.122 e. The molecule has 0 bridgehead atoms. The fourth-order valence-electron chi connectivity index (χ4n) is 1.72. The van der Waals surface area contributed by atoms with Crippen LogP contribution in [0.5, 0.6) is 5.75 Å². The van der Waals surface area contributed by atoms with E-state index in [9.17, 15) is 0 Å². The summed E-state index contributed by atoms with van der Waals surface area (Å²) in [5.74, 6) is 1.56. The minimum atomic E-state index is 0.407. The Kier molecular flexibility index (Phi) is 3.36. The molecule has 0 spiro atoms. The van der Waals surface area contributed by atoms with Crippen LogP contribution in [0.4, 0.5) is 0 Å². The van der Waals surface area contributed by atoms with Gasteiger partial charge in [-0.25, -0.2) is 4.98 Å². The molecule has 90 valence electrons. The number of nitrogens with zero attached hydrogens (tertiary/aromatic N) is 2. The summed E-state index contributed by atoms with van der Waals surface area (Å²) in [5, 5.41) is 0.635. The van der Waals surface area contributed by atoms with Crippen molar-refractivity contribution in [2.24, 2.45) is 12.8 Å². The predicted octanol–water partition coefficient (Wildman–Crippen LogP) is 2.21. The van der Waals surface area contributed by atoms with Crippen LogP contribution < -0.4 is 10.5 Å². The molecule has 5 heteroatoms. The van der Waals surface area contributed by atoms with Crippen molar-refractivity contribution in [2.45, 2.75) is 6.54 Å². The molecule has 1 aromatic heterocycles. The van der Waals surface area contributed by atoms with E-state index >= 15 is 0 Å². The van der Waals surface area contributed by atoms with E-state index in [4.69, 9.17) is 22.1 Å². The Labute approximate surface area is 105 Å². The summed E-state index contributed by atoms with van der Waals surface area (Å²) in [7, 11) is 3.53. The van der Waals surface area contributed by atoms with E-state index in [2.05, 4.69) is 4.98 Å². The van der Waals surface area contributed by atoms with E-state index in [1.165, 1.54) is 0 Å². The monoisotopic (exact) mass is 251 g/mol. The van der Waals surface area contributed by atoms with Crippen LogP contribution in [0.2, 0.25) is 5.02 Å². The van der Waals surface area contributed by atoms with Crippen molar-refractivity contribution >= 4 is 11.6 Å². The molecule has 0 radical (unpaired) electrons. The minimum absolute atomic E-state index is 0.407. The number of benzene rings is 1. The van der Waals surface area contributed by atoms with Crippen molar-refractivity contribution < 1.29 is 4.74 Å². The van der Waals surface area contributed by atoms with Crippen LogP contribution >= 0.6 is 11.6 Å². The highest BCUT2D eigenvalue weighted by Crippen LogP contribution is 2.31. The van der Waals surface area contributed by atoms with Crippen LogP contribution in [0, 0.1) is 0 Å². The summed E-state index contributed by atoms with van der Waals surface area (Å²) in [5.41, 5.74) is 7.45. The number of methoxy groups -OCH3 is 1. The van der Waals surface area contributed by atoms with Crippen LogP contribution in [0.3, 0.4) is 0 Å². The Bertz CT molecular complexity index is 537. The Morgan fingerprint density at radius 1 is 1.47 bits per heavy atom. The number of hydrogen-bond acceptors (Lipinski definition) is 3. The molecule has 0 aliphatic rings. The Balaban J connectivity index is 2.49. The average molecular weight is 252 g/mol. The van der Waals surface area contributed by atoms with Gasteiger partial charge in [0.15, 0.2) is 0 Å². The van der Waals surface area contributed by atoms with Crippen molar-refractivity contribution in [2.75, 3.05) is 7.11 Å². The van der Waals surface area contributed by atoms with E-state index in [0.717, 1.165) is 22.8 Å². The Hall–Kier alpha value is -1.52. The number of aromatic nitrogens is 2. The summed E-state index contributed by atoms with van der Waals surface area (Å²) in [6.45, 7) is 0.407. The minimum Gasteiger partial charge on any atom is -0.497 e. The molecule has 0 saturated carbocycles. The molecular weight excluding hydrogens is 238 g/mol. The van der Waals surface area contributed by atoms with Gasteiger partial charge in [0.2, 0.25) is 0 Å². The maximum Gasteiger partial charge on any atom is 0.122 e. The quantitative estimate of drug-likeness (QED) is 0.910. The van der Waals surface area contributed by atoms with E-state index < -0.39 is 0 Å². The maximum absolute atomic E-state index is 6.21. The Morgan fingerprint density at radius 2 is 2.24 bits per heavy atom. The van der Waals surface area contributed by atoms with Gasteiger partial charge in [0.25, 0.3) is 0 Å². The first-order chi connectivity index (χ1) is 8.17. The largest absolute Gasteiger partial charge is 0.497 e. The summed E-state index contributed by atoms with van der Waals surface area (Å²) < 4.78 is 7.05. The van der Waals surface area contributed by atoms with Crippen LogP contribution in [0.1, 0.15) is 5.82 Å². The topological polar surface area (TPSA) is 53.1 Å². The SMILES string of the molecule is COc1ccc(-c2cnc(CN)n2C)c(Cl)c1.